The highest BCUT2D eigenvalue weighted by atomic mass is 16.5. The van der Waals surface area contributed by atoms with Crippen molar-refractivity contribution in [1.82, 2.24) is 9.55 Å². The lowest BCUT2D eigenvalue weighted by Crippen LogP contribution is -2.27. The molecule has 1 amide bonds. The van der Waals surface area contributed by atoms with Crippen LogP contribution in [0.4, 0.5) is 5.69 Å². The van der Waals surface area contributed by atoms with Gasteiger partial charge in [0.2, 0.25) is 5.91 Å². The molecule has 35 heavy (non-hydrogen) atoms. The summed E-state index contributed by atoms with van der Waals surface area (Å²) >= 11 is 0. The Hall–Kier alpha value is -3.64. The Morgan fingerprint density at radius 2 is 1.80 bits per heavy atom. The van der Waals surface area contributed by atoms with Crippen molar-refractivity contribution in [2.45, 2.75) is 45.8 Å². The van der Waals surface area contributed by atoms with E-state index >= 15 is 0 Å². The van der Waals surface area contributed by atoms with Gasteiger partial charge in [-0.1, -0.05) is 48.0 Å². The number of carbonyl (C=O) groups is 1. The number of hydrogen-bond donors (Lipinski definition) is 1. The average molecular weight is 470 g/mol. The van der Waals surface area contributed by atoms with Crippen LogP contribution in [-0.4, -0.2) is 39.8 Å². The number of rotatable bonds is 7. The molecule has 2 atom stereocenters. The Bertz CT molecular complexity index is 1380. The van der Waals surface area contributed by atoms with E-state index in [1.807, 2.05) is 86.3 Å². The predicted molar refractivity (Wildman–Crippen MR) is 138 cm³/mol. The monoisotopic (exact) mass is 469 g/mol. The molecule has 1 N–H and O–H groups in total. The zero-order chi connectivity index (χ0) is 24.5. The van der Waals surface area contributed by atoms with Crippen molar-refractivity contribution in [3.63, 3.8) is 0 Å². The number of aliphatic hydroxyl groups is 1. The number of hydrogen-bond acceptors (Lipinski definition) is 4. The first-order valence-corrected chi connectivity index (χ1v) is 12.1. The standard InChI is InChI=1S/C29H31N3O3/c1-19-12-13-27(21(3)14-19)35-18-23(33)17-32-26-11-7-5-9-24(26)30-29(32)22-15-28(34)31(16-22)25-10-6-4-8-20(25)2/h4-14,22-23,33H,15-18H2,1-3H3/t22-,23-/m1/s1. The summed E-state index contributed by atoms with van der Waals surface area (Å²) in [7, 11) is 0. The highest BCUT2D eigenvalue weighted by Gasteiger charge is 2.35. The molecule has 2 heterocycles. The smallest absolute Gasteiger partial charge is 0.227 e. The van der Waals surface area contributed by atoms with Crippen molar-refractivity contribution in [1.29, 1.82) is 0 Å². The second-order valence-corrected chi connectivity index (χ2v) is 9.49. The molecule has 0 bridgehead atoms. The minimum absolute atomic E-state index is 0.0537. The van der Waals surface area contributed by atoms with Gasteiger partial charge in [-0.3, -0.25) is 4.79 Å². The molecule has 1 fully saturated rings. The van der Waals surface area contributed by atoms with E-state index in [4.69, 9.17) is 9.72 Å². The summed E-state index contributed by atoms with van der Waals surface area (Å²) < 4.78 is 8.00. The molecule has 5 rings (SSSR count). The predicted octanol–water partition coefficient (Wildman–Crippen LogP) is 4.92. The largest absolute Gasteiger partial charge is 0.491 e. The number of ether oxygens (including phenoxy) is 1. The number of benzene rings is 3. The number of anilines is 1. The highest BCUT2D eigenvalue weighted by molar-refractivity contribution is 5.97. The Balaban J connectivity index is 1.39. The number of imidazole rings is 1. The Kier molecular flexibility index (Phi) is 6.31. The van der Waals surface area contributed by atoms with Crippen molar-refractivity contribution in [2.24, 2.45) is 0 Å². The third-order valence-electron chi connectivity index (χ3n) is 6.74. The van der Waals surface area contributed by atoms with Crippen LogP contribution in [0.15, 0.2) is 66.7 Å². The number of aromatic nitrogens is 2. The molecule has 0 radical (unpaired) electrons. The first kappa shape index (κ1) is 23.1. The van der Waals surface area contributed by atoms with Crippen LogP contribution in [-0.2, 0) is 11.3 Å². The number of carbonyl (C=O) groups excluding carboxylic acids is 1. The molecule has 4 aromatic rings. The third kappa shape index (κ3) is 4.66. The molecule has 0 spiro atoms. The lowest BCUT2D eigenvalue weighted by atomic mass is 10.1. The number of fused-ring (bicyclic) bond motifs is 1. The first-order chi connectivity index (χ1) is 16.9. The van der Waals surface area contributed by atoms with E-state index in [0.29, 0.717) is 19.5 Å². The van der Waals surface area contributed by atoms with Gasteiger partial charge in [-0.2, -0.15) is 0 Å². The van der Waals surface area contributed by atoms with Gasteiger partial charge in [-0.05, 0) is 56.2 Å². The molecule has 6 nitrogen and oxygen atoms in total. The molecule has 1 aromatic heterocycles. The van der Waals surface area contributed by atoms with E-state index in [0.717, 1.165) is 39.4 Å². The topological polar surface area (TPSA) is 67.6 Å². The lowest BCUT2D eigenvalue weighted by Gasteiger charge is -2.20. The maximum absolute atomic E-state index is 13.0. The minimum atomic E-state index is -0.725. The number of para-hydroxylation sites is 3. The molecule has 1 aliphatic rings. The van der Waals surface area contributed by atoms with Crippen LogP contribution in [0.1, 0.15) is 34.9 Å². The van der Waals surface area contributed by atoms with Gasteiger partial charge < -0.3 is 19.3 Å². The Labute approximate surface area is 205 Å². The summed E-state index contributed by atoms with van der Waals surface area (Å²) in [5, 5.41) is 10.9. The first-order valence-electron chi connectivity index (χ1n) is 12.1. The second kappa shape index (κ2) is 9.55. The van der Waals surface area contributed by atoms with E-state index in [1.54, 1.807) is 0 Å². The zero-order valence-corrected chi connectivity index (χ0v) is 20.4. The van der Waals surface area contributed by atoms with Crippen LogP contribution in [0.25, 0.3) is 11.0 Å². The summed E-state index contributed by atoms with van der Waals surface area (Å²) in [5.41, 5.74) is 6.07. The SMILES string of the molecule is Cc1ccc(OC[C@H](O)Cn2c([C@@H]3CC(=O)N(c4ccccc4C)C3)nc3ccccc32)c(C)c1. The van der Waals surface area contributed by atoms with Crippen LogP contribution in [0.5, 0.6) is 5.75 Å². The molecule has 0 aliphatic carbocycles. The minimum Gasteiger partial charge on any atom is -0.491 e. The van der Waals surface area contributed by atoms with Crippen molar-refractivity contribution in [3.05, 3.63) is 89.2 Å². The van der Waals surface area contributed by atoms with Gasteiger partial charge in [0.1, 0.15) is 24.3 Å². The van der Waals surface area contributed by atoms with Gasteiger partial charge in [-0.15, -0.1) is 0 Å². The number of amides is 1. The maximum atomic E-state index is 13.0. The van der Waals surface area contributed by atoms with Crippen molar-refractivity contribution in [3.8, 4) is 5.75 Å². The van der Waals surface area contributed by atoms with E-state index in [2.05, 4.69) is 10.6 Å². The normalized spacial score (nSPS) is 16.7. The molecular formula is C29H31N3O3. The van der Waals surface area contributed by atoms with Gasteiger partial charge >= 0.3 is 0 Å². The van der Waals surface area contributed by atoms with Crippen LogP contribution >= 0.6 is 0 Å². The average Bonchev–Trinajstić information content (AvgIpc) is 3.39. The summed E-state index contributed by atoms with van der Waals surface area (Å²) in [4.78, 5) is 19.8. The Morgan fingerprint density at radius 3 is 2.60 bits per heavy atom. The van der Waals surface area contributed by atoms with E-state index in [1.165, 1.54) is 5.56 Å². The molecule has 0 unspecified atom stereocenters. The van der Waals surface area contributed by atoms with E-state index < -0.39 is 6.10 Å². The molecule has 3 aromatic carbocycles. The zero-order valence-electron chi connectivity index (χ0n) is 20.4. The summed E-state index contributed by atoms with van der Waals surface area (Å²) in [5.74, 6) is 1.66. The quantitative estimate of drug-likeness (QED) is 0.417. The van der Waals surface area contributed by atoms with Crippen molar-refractivity contribution >= 4 is 22.6 Å². The highest BCUT2D eigenvalue weighted by Crippen LogP contribution is 2.34. The molecule has 180 valence electrons. The number of aryl methyl sites for hydroxylation is 3. The fourth-order valence-corrected chi connectivity index (χ4v) is 4.99. The lowest BCUT2D eigenvalue weighted by molar-refractivity contribution is -0.117. The van der Waals surface area contributed by atoms with Crippen molar-refractivity contribution in [2.75, 3.05) is 18.1 Å². The number of nitrogens with zero attached hydrogens (tertiary/aromatic N) is 3. The fraction of sp³-hybridized carbons (Fsp3) is 0.310. The van der Waals surface area contributed by atoms with Crippen LogP contribution in [0, 0.1) is 20.8 Å². The van der Waals surface area contributed by atoms with E-state index in [9.17, 15) is 9.90 Å². The van der Waals surface area contributed by atoms with E-state index in [-0.39, 0.29) is 18.4 Å². The third-order valence-corrected chi connectivity index (χ3v) is 6.74. The van der Waals surface area contributed by atoms with Gasteiger partial charge in [0, 0.05) is 24.6 Å². The molecule has 1 saturated heterocycles. The summed E-state index contributed by atoms with van der Waals surface area (Å²) in [6.45, 7) is 7.17. The van der Waals surface area contributed by atoms with Crippen molar-refractivity contribution < 1.29 is 14.6 Å². The summed E-state index contributed by atoms with van der Waals surface area (Å²) in [6.07, 6.45) is -0.330. The fourth-order valence-electron chi connectivity index (χ4n) is 4.99. The van der Waals surface area contributed by atoms with Gasteiger partial charge in [0.15, 0.2) is 0 Å². The Morgan fingerprint density at radius 1 is 1.03 bits per heavy atom. The van der Waals surface area contributed by atoms with Crippen LogP contribution < -0.4 is 9.64 Å². The van der Waals surface area contributed by atoms with Gasteiger partial charge in [-0.25, -0.2) is 4.98 Å². The molecule has 6 heteroatoms. The summed E-state index contributed by atoms with van der Waals surface area (Å²) in [6, 6.07) is 21.9. The molecule has 0 saturated carbocycles. The maximum Gasteiger partial charge on any atom is 0.227 e. The van der Waals surface area contributed by atoms with Gasteiger partial charge in [0.05, 0.1) is 17.6 Å². The molecule has 1 aliphatic heterocycles. The van der Waals surface area contributed by atoms with Crippen LogP contribution in [0.3, 0.4) is 0 Å². The second-order valence-electron chi connectivity index (χ2n) is 9.49. The molecular weight excluding hydrogens is 438 g/mol. The van der Waals surface area contributed by atoms with Gasteiger partial charge in [0.25, 0.3) is 0 Å². The number of aliphatic hydroxyl groups excluding tert-OH is 1. The van der Waals surface area contributed by atoms with Crippen LogP contribution in [0.2, 0.25) is 0 Å².